The number of hydrogen-bond donors (Lipinski definition) is 0. The standard InChI is InChI=1S/C27H32N2O3/c1-26(2,3)32-25(31)27-16-14-23(20-29(27)17-15-24(27)30)28(18-21-10-6-4-7-11-21)19-22-12-8-5-9-13-22/h4-13,15,17,23H,14,16,18-20H2,1-3H3/t23-,27+/m0/s1. The van der Waals surface area contributed by atoms with Crippen LogP contribution in [0.4, 0.5) is 0 Å². The Morgan fingerprint density at radius 2 is 1.59 bits per heavy atom. The van der Waals surface area contributed by atoms with Crippen LogP contribution in [-0.2, 0) is 27.4 Å². The minimum atomic E-state index is -1.21. The molecule has 0 aromatic heterocycles. The molecular weight excluding hydrogens is 400 g/mol. The van der Waals surface area contributed by atoms with Crippen molar-refractivity contribution in [3.63, 3.8) is 0 Å². The number of ether oxygens (including phenoxy) is 1. The van der Waals surface area contributed by atoms with Crippen molar-refractivity contribution >= 4 is 11.8 Å². The third kappa shape index (κ3) is 4.63. The lowest BCUT2D eigenvalue weighted by atomic mass is 9.82. The first kappa shape index (κ1) is 22.3. The molecule has 5 heteroatoms. The molecule has 4 rings (SSSR count). The minimum absolute atomic E-state index is 0.164. The van der Waals surface area contributed by atoms with Gasteiger partial charge in [0.05, 0.1) is 0 Å². The Hall–Kier alpha value is -2.92. The smallest absolute Gasteiger partial charge is 0.340 e. The molecule has 5 nitrogen and oxygen atoms in total. The van der Waals surface area contributed by atoms with Gasteiger partial charge in [-0.05, 0) is 44.7 Å². The van der Waals surface area contributed by atoms with Gasteiger partial charge in [0.15, 0.2) is 5.78 Å². The Morgan fingerprint density at radius 1 is 1.03 bits per heavy atom. The normalized spacial score (nSPS) is 22.8. The minimum Gasteiger partial charge on any atom is -0.458 e. The highest BCUT2D eigenvalue weighted by molar-refractivity contribution is 6.15. The largest absolute Gasteiger partial charge is 0.458 e. The van der Waals surface area contributed by atoms with Gasteiger partial charge in [-0.25, -0.2) is 4.79 Å². The molecule has 2 atom stereocenters. The Balaban J connectivity index is 1.57. The van der Waals surface area contributed by atoms with Crippen LogP contribution >= 0.6 is 0 Å². The Bertz CT molecular complexity index is 939. The highest BCUT2D eigenvalue weighted by Gasteiger charge is 2.56. The molecule has 0 aliphatic carbocycles. The number of carbonyl (C=O) groups is 2. The summed E-state index contributed by atoms with van der Waals surface area (Å²) in [7, 11) is 0. The lowest BCUT2D eigenvalue weighted by molar-refractivity contribution is -0.172. The molecule has 2 aliphatic heterocycles. The Kier molecular flexibility index (Phi) is 6.20. The highest BCUT2D eigenvalue weighted by Crippen LogP contribution is 2.38. The summed E-state index contributed by atoms with van der Waals surface area (Å²) in [5.41, 5.74) is 0.652. The van der Waals surface area contributed by atoms with Crippen molar-refractivity contribution in [2.45, 2.75) is 63.9 Å². The van der Waals surface area contributed by atoms with Crippen LogP contribution < -0.4 is 0 Å². The molecular formula is C27H32N2O3. The maximum Gasteiger partial charge on any atom is 0.340 e. The molecule has 32 heavy (non-hydrogen) atoms. The molecule has 0 radical (unpaired) electrons. The first-order chi connectivity index (χ1) is 15.3. The van der Waals surface area contributed by atoms with Crippen LogP contribution in [-0.4, -0.2) is 45.3 Å². The van der Waals surface area contributed by atoms with Gasteiger partial charge in [-0.1, -0.05) is 60.7 Å². The van der Waals surface area contributed by atoms with E-state index in [2.05, 4.69) is 53.4 Å². The van der Waals surface area contributed by atoms with Crippen LogP contribution in [0.15, 0.2) is 72.9 Å². The fourth-order valence-corrected chi connectivity index (χ4v) is 4.67. The van der Waals surface area contributed by atoms with Gasteiger partial charge in [0.25, 0.3) is 0 Å². The van der Waals surface area contributed by atoms with Crippen LogP contribution in [0, 0.1) is 0 Å². The molecule has 1 fully saturated rings. The summed E-state index contributed by atoms with van der Waals surface area (Å²) < 4.78 is 5.68. The maximum absolute atomic E-state index is 13.1. The fraction of sp³-hybridized carbons (Fsp3) is 0.407. The highest BCUT2D eigenvalue weighted by atomic mass is 16.6. The Labute approximate surface area is 190 Å². The predicted octanol–water partition coefficient (Wildman–Crippen LogP) is 4.33. The molecule has 2 aromatic carbocycles. The number of nitrogens with zero attached hydrogens (tertiary/aromatic N) is 2. The number of carbonyl (C=O) groups excluding carboxylic acids is 2. The number of piperidine rings is 1. The van der Waals surface area contributed by atoms with Crippen molar-refractivity contribution in [2.75, 3.05) is 6.54 Å². The average Bonchev–Trinajstić information content (AvgIpc) is 3.10. The fourth-order valence-electron chi connectivity index (χ4n) is 4.67. The van der Waals surface area contributed by atoms with Gasteiger partial charge >= 0.3 is 5.97 Å². The van der Waals surface area contributed by atoms with Gasteiger partial charge in [0.1, 0.15) is 5.60 Å². The number of esters is 1. The number of hydrogen-bond acceptors (Lipinski definition) is 5. The van der Waals surface area contributed by atoms with Crippen molar-refractivity contribution in [1.29, 1.82) is 0 Å². The van der Waals surface area contributed by atoms with Crippen LogP contribution in [0.1, 0.15) is 44.7 Å². The summed E-state index contributed by atoms with van der Waals surface area (Å²) in [5, 5.41) is 0. The summed E-state index contributed by atoms with van der Waals surface area (Å²) in [4.78, 5) is 30.4. The van der Waals surface area contributed by atoms with Crippen LogP contribution in [0.2, 0.25) is 0 Å². The predicted molar refractivity (Wildman–Crippen MR) is 125 cm³/mol. The molecule has 168 valence electrons. The van der Waals surface area contributed by atoms with Crippen LogP contribution in [0.25, 0.3) is 0 Å². The second kappa shape index (κ2) is 8.91. The van der Waals surface area contributed by atoms with E-state index in [1.165, 1.54) is 17.2 Å². The van der Waals surface area contributed by atoms with Crippen LogP contribution in [0.5, 0.6) is 0 Å². The molecule has 0 saturated carbocycles. The molecule has 0 N–H and O–H groups in total. The van der Waals surface area contributed by atoms with Gasteiger partial charge in [-0.3, -0.25) is 9.69 Å². The molecule has 1 saturated heterocycles. The van der Waals surface area contributed by atoms with Gasteiger partial charge in [-0.2, -0.15) is 0 Å². The summed E-state index contributed by atoms with van der Waals surface area (Å²) in [5.74, 6) is -0.598. The van der Waals surface area contributed by atoms with Crippen molar-refractivity contribution in [3.8, 4) is 0 Å². The van der Waals surface area contributed by atoms with Gasteiger partial charge in [0, 0.05) is 38.0 Å². The van der Waals surface area contributed by atoms with Crippen LogP contribution in [0.3, 0.4) is 0 Å². The monoisotopic (exact) mass is 432 g/mol. The summed E-state index contributed by atoms with van der Waals surface area (Å²) >= 11 is 0. The quantitative estimate of drug-likeness (QED) is 0.502. The topological polar surface area (TPSA) is 49.9 Å². The van der Waals surface area contributed by atoms with E-state index in [0.29, 0.717) is 13.0 Å². The average molecular weight is 433 g/mol. The number of benzene rings is 2. The summed E-state index contributed by atoms with van der Waals surface area (Å²) in [6, 6.07) is 21.1. The molecule has 0 bridgehead atoms. The number of ketones is 1. The van der Waals surface area contributed by atoms with E-state index in [1.807, 2.05) is 37.8 Å². The number of rotatable bonds is 6. The molecule has 2 aliphatic rings. The number of fused-ring (bicyclic) bond motifs is 1. The first-order valence-electron chi connectivity index (χ1n) is 11.3. The zero-order valence-corrected chi connectivity index (χ0v) is 19.2. The molecule has 0 spiro atoms. The van der Waals surface area contributed by atoms with Crippen molar-refractivity contribution in [3.05, 3.63) is 84.1 Å². The molecule has 2 aromatic rings. The lowest BCUT2D eigenvalue weighted by Crippen LogP contribution is -2.63. The van der Waals surface area contributed by atoms with E-state index in [4.69, 9.17) is 4.74 Å². The zero-order valence-electron chi connectivity index (χ0n) is 19.2. The second-order valence-corrected chi connectivity index (χ2v) is 9.76. The molecule has 0 unspecified atom stereocenters. The third-order valence-electron chi connectivity index (χ3n) is 6.26. The van der Waals surface area contributed by atoms with E-state index in [1.54, 1.807) is 6.20 Å². The van der Waals surface area contributed by atoms with E-state index in [0.717, 1.165) is 19.5 Å². The van der Waals surface area contributed by atoms with E-state index < -0.39 is 17.1 Å². The zero-order chi connectivity index (χ0) is 22.8. The Morgan fingerprint density at radius 3 is 2.12 bits per heavy atom. The SMILES string of the molecule is CC(C)(C)OC(=O)[C@]12CC[C@H](N(Cc3ccccc3)Cc3ccccc3)CN1C=CC2=O. The first-order valence-corrected chi connectivity index (χ1v) is 11.3. The molecule has 0 amide bonds. The van der Waals surface area contributed by atoms with E-state index in [9.17, 15) is 9.59 Å². The summed E-state index contributed by atoms with van der Waals surface area (Å²) in [6.07, 6.45) is 4.52. The summed E-state index contributed by atoms with van der Waals surface area (Å²) in [6.45, 7) is 7.75. The third-order valence-corrected chi connectivity index (χ3v) is 6.26. The maximum atomic E-state index is 13.1. The second-order valence-electron chi connectivity index (χ2n) is 9.76. The lowest BCUT2D eigenvalue weighted by Gasteiger charge is -2.46. The van der Waals surface area contributed by atoms with Crippen molar-refractivity contribution in [2.24, 2.45) is 0 Å². The van der Waals surface area contributed by atoms with Gasteiger partial charge in [0.2, 0.25) is 5.54 Å². The van der Waals surface area contributed by atoms with Crippen molar-refractivity contribution in [1.82, 2.24) is 9.80 Å². The van der Waals surface area contributed by atoms with E-state index >= 15 is 0 Å². The molecule has 2 heterocycles. The van der Waals surface area contributed by atoms with E-state index in [-0.39, 0.29) is 11.8 Å². The van der Waals surface area contributed by atoms with Gasteiger partial charge in [-0.15, -0.1) is 0 Å². The van der Waals surface area contributed by atoms with Gasteiger partial charge < -0.3 is 9.64 Å². The van der Waals surface area contributed by atoms with Crippen molar-refractivity contribution < 1.29 is 14.3 Å².